The minimum absolute atomic E-state index is 0.0304. The number of fused-ring (bicyclic) bond motifs is 1. The van der Waals surface area contributed by atoms with Gasteiger partial charge in [-0.2, -0.15) is 0 Å². The van der Waals surface area contributed by atoms with Crippen molar-refractivity contribution in [2.24, 2.45) is 0 Å². The molecule has 1 N–H and O–H groups in total. The number of hydrogen-bond donors (Lipinski definition) is 1. The fraction of sp³-hybridized carbons (Fsp3) is 0.200. The van der Waals surface area contributed by atoms with Crippen LogP contribution >= 0.6 is 0 Å². The maximum absolute atomic E-state index is 13.6. The number of aliphatic hydroxyl groups is 1. The van der Waals surface area contributed by atoms with Crippen LogP contribution in [0.25, 0.3) is 5.76 Å². The number of ether oxygens (including phenoxy) is 3. The van der Waals surface area contributed by atoms with Crippen molar-refractivity contribution in [2.45, 2.75) is 38.6 Å². The molecule has 1 fully saturated rings. The quantitative estimate of drug-likeness (QED) is 0.156. The van der Waals surface area contributed by atoms with Crippen LogP contribution in [0.2, 0.25) is 0 Å². The van der Waals surface area contributed by atoms with Gasteiger partial charge in [0.25, 0.3) is 11.7 Å². The third kappa shape index (κ3) is 5.21. The van der Waals surface area contributed by atoms with Crippen LogP contribution in [0.5, 0.6) is 17.2 Å². The first kappa shape index (κ1) is 27.1. The van der Waals surface area contributed by atoms with Crippen LogP contribution in [-0.2, 0) is 29.2 Å². The number of Topliss-reactive ketones (excluding diaryl/α,β-unsaturated/α-hetero) is 1. The topological polar surface area (TPSA) is 85.3 Å². The fourth-order valence-electron chi connectivity index (χ4n) is 5.60. The normalized spacial score (nSPS) is 19.0. The molecule has 0 saturated carbocycles. The maximum atomic E-state index is 13.6. The molecule has 2 heterocycles. The number of carbonyl (C=O) groups excluding carboxylic acids is 2. The Hall–Kier alpha value is -5.04. The van der Waals surface area contributed by atoms with Gasteiger partial charge in [0.05, 0.1) is 18.7 Å². The number of methoxy groups -OCH3 is 1. The molecule has 0 spiro atoms. The van der Waals surface area contributed by atoms with Gasteiger partial charge in [-0.1, -0.05) is 66.7 Å². The summed E-state index contributed by atoms with van der Waals surface area (Å²) in [6, 6.07) is 29.1. The summed E-state index contributed by atoms with van der Waals surface area (Å²) in [6.07, 6.45) is 0.730. The molecule has 2 aliphatic rings. The van der Waals surface area contributed by atoms with E-state index in [1.165, 1.54) is 4.90 Å². The highest BCUT2D eigenvalue weighted by molar-refractivity contribution is 6.46. The van der Waals surface area contributed by atoms with Crippen LogP contribution in [0, 0.1) is 0 Å². The molecule has 6 rings (SSSR count). The lowest BCUT2D eigenvalue weighted by Crippen LogP contribution is -2.29. The van der Waals surface area contributed by atoms with E-state index in [1.54, 1.807) is 31.4 Å². The van der Waals surface area contributed by atoms with E-state index in [0.717, 1.165) is 22.4 Å². The predicted molar refractivity (Wildman–Crippen MR) is 158 cm³/mol. The Morgan fingerprint density at radius 3 is 2.33 bits per heavy atom. The van der Waals surface area contributed by atoms with Gasteiger partial charge in [-0.3, -0.25) is 9.59 Å². The molecule has 0 aromatic heterocycles. The Kier molecular flexibility index (Phi) is 7.40. The summed E-state index contributed by atoms with van der Waals surface area (Å²) in [7, 11) is 1.54. The zero-order valence-electron chi connectivity index (χ0n) is 23.4. The van der Waals surface area contributed by atoms with Gasteiger partial charge in [-0.15, -0.1) is 0 Å². The molecular weight excluding hydrogens is 530 g/mol. The van der Waals surface area contributed by atoms with Gasteiger partial charge in [0.15, 0.2) is 11.5 Å². The minimum atomic E-state index is -0.842. The number of aliphatic hydroxyl groups excluding tert-OH is 1. The second kappa shape index (κ2) is 11.4. The zero-order valence-corrected chi connectivity index (χ0v) is 23.4. The van der Waals surface area contributed by atoms with Gasteiger partial charge in [0.2, 0.25) is 0 Å². The van der Waals surface area contributed by atoms with Crippen LogP contribution in [0.3, 0.4) is 0 Å². The molecule has 42 heavy (non-hydrogen) atoms. The molecule has 2 atom stereocenters. The Balaban J connectivity index is 1.41. The second-order valence-corrected chi connectivity index (χ2v) is 10.6. The molecule has 1 amide bonds. The SMILES string of the molecule is COc1cc(C2/C(=C(/O)c3ccc4c(c3)CC(C)O4)C(=O)C(=O)N2Cc2ccccc2)ccc1OCc1ccccc1. The molecule has 0 aliphatic carbocycles. The molecule has 0 radical (unpaired) electrons. The Morgan fingerprint density at radius 1 is 0.905 bits per heavy atom. The van der Waals surface area contributed by atoms with Gasteiger partial charge in [-0.25, -0.2) is 0 Å². The molecule has 2 unspecified atom stereocenters. The minimum Gasteiger partial charge on any atom is -0.507 e. The highest BCUT2D eigenvalue weighted by atomic mass is 16.5. The van der Waals surface area contributed by atoms with Crippen molar-refractivity contribution in [3.63, 3.8) is 0 Å². The second-order valence-electron chi connectivity index (χ2n) is 10.6. The van der Waals surface area contributed by atoms with Crippen molar-refractivity contribution in [1.29, 1.82) is 0 Å². The van der Waals surface area contributed by atoms with Crippen molar-refractivity contribution in [3.8, 4) is 17.2 Å². The number of benzene rings is 4. The van der Waals surface area contributed by atoms with E-state index in [1.807, 2.05) is 79.7 Å². The van der Waals surface area contributed by atoms with E-state index in [9.17, 15) is 14.7 Å². The number of nitrogens with zero attached hydrogens (tertiary/aromatic N) is 1. The van der Waals surface area contributed by atoms with Crippen LogP contribution in [-0.4, -0.2) is 34.9 Å². The summed E-state index contributed by atoms with van der Waals surface area (Å²) in [4.78, 5) is 28.6. The summed E-state index contributed by atoms with van der Waals surface area (Å²) in [6.45, 7) is 2.52. The lowest BCUT2D eigenvalue weighted by molar-refractivity contribution is -0.140. The van der Waals surface area contributed by atoms with Crippen LogP contribution in [0.1, 0.15) is 40.8 Å². The monoisotopic (exact) mass is 561 g/mol. The van der Waals surface area contributed by atoms with E-state index in [2.05, 4.69) is 0 Å². The average Bonchev–Trinajstić information content (AvgIpc) is 3.51. The number of hydrogen-bond acceptors (Lipinski definition) is 6. The first-order valence-electron chi connectivity index (χ1n) is 13.9. The molecule has 4 aromatic rings. The first-order chi connectivity index (χ1) is 20.4. The largest absolute Gasteiger partial charge is 0.507 e. The van der Waals surface area contributed by atoms with Gasteiger partial charge < -0.3 is 24.2 Å². The molecule has 7 heteroatoms. The Bertz CT molecular complexity index is 1660. The van der Waals surface area contributed by atoms with E-state index < -0.39 is 17.7 Å². The van der Waals surface area contributed by atoms with Crippen molar-refractivity contribution in [1.82, 2.24) is 4.90 Å². The summed E-state index contributed by atoms with van der Waals surface area (Å²) >= 11 is 0. The standard InChI is InChI=1S/C35H31NO6/c1-22-17-27-18-26(14-15-28(27)42-22)33(37)31-32(36(35(39)34(31)38)20-23-9-5-3-6-10-23)25-13-16-29(30(19-25)40-2)41-21-24-11-7-4-8-12-24/h3-16,18-19,22,32,37H,17,20-21H2,1-2H3/b33-31-. The lowest BCUT2D eigenvalue weighted by Gasteiger charge is -2.26. The summed E-state index contributed by atoms with van der Waals surface area (Å²) in [5.41, 5.74) is 3.93. The molecule has 4 aromatic carbocycles. The third-order valence-electron chi connectivity index (χ3n) is 7.65. The smallest absolute Gasteiger partial charge is 0.295 e. The van der Waals surface area contributed by atoms with Crippen molar-refractivity contribution in [2.75, 3.05) is 7.11 Å². The predicted octanol–water partition coefficient (Wildman–Crippen LogP) is 6.22. The number of carbonyl (C=O) groups is 2. The van der Waals surface area contributed by atoms with E-state index in [-0.39, 0.29) is 24.0 Å². The average molecular weight is 562 g/mol. The summed E-state index contributed by atoms with van der Waals surface area (Å²) < 4.78 is 17.5. The van der Waals surface area contributed by atoms with Gasteiger partial charge in [0.1, 0.15) is 24.2 Å². The number of ketones is 1. The first-order valence-corrected chi connectivity index (χ1v) is 13.9. The third-order valence-corrected chi connectivity index (χ3v) is 7.65. The zero-order chi connectivity index (χ0) is 29.2. The van der Waals surface area contributed by atoms with E-state index >= 15 is 0 Å². The highest BCUT2D eigenvalue weighted by Crippen LogP contribution is 2.43. The molecule has 2 aliphatic heterocycles. The van der Waals surface area contributed by atoms with Gasteiger partial charge in [0, 0.05) is 18.5 Å². The van der Waals surface area contributed by atoms with Gasteiger partial charge in [-0.05, 0) is 59.5 Å². The molecule has 0 bridgehead atoms. The van der Waals surface area contributed by atoms with E-state index in [4.69, 9.17) is 14.2 Å². The van der Waals surface area contributed by atoms with Gasteiger partial charge >= 0.3 is 0 Å². The Labute approximate surface area is 244 Å². The number of amides is 1. The van der Waals surface area contributed by atoms with Crippen molar-refractivity contribution in [3.05, 3.63) is 130 Å². The molecule has 1 saturated heterocycles. The van der Waals surface area contributed by atoms with Crippen LogP contribution in [0.4, 0.5) is 0 Å². The maximum Gasteiger partial charge on any atom is 0.295 e. The molecule has 212 valence electrons. The number of likely N-dealkylation sites (tertiary alicyclic amines) is 1. The van der Waals surface area contributed by atoms with E-state index in [0.29, 0.717) is 35.7 Å². The van der Waals surface area contributed by atoms with Crippen molar-refractivity contribution >= 4 is 17.4 Å². The Morgan fingerprint density at radius 2 is 1.62 bits per heavy atom. The molecular formula is C35H31NO6. The highest BCUT2D eigenvalue weighted by Gasteiger charge is 2.46. The summed E-state index contributed by atoms with van der Waals surface area (Å²) in [5, 5.41) is 11.6. The lowest BCUT2D eigenvalue weighted by atomic mass is 9.94. The van der Waals surface area contributed by atoms with Crippen LogP contribution in [0.15, 0.2) is 103 Å². The van der Waals surface area contributed by atoms with Crippen LogP contribution < -0.4 is 14.2 Å². The van der Waals surface area contributed by atoms with Crippen molar-refractivity contribution < 1.29 is 28.9 Å². The molecule has 7 nitrogen and oxygen atoms in total. The number of rotatable bonds is 8. The fourth-order valence-corrected chi connectivity index (χ4v) is 5.60. The summed E-state index contributed by atoms with van der Waals surface area (Å²) in [5.74, 6) is 0.111.